The summed E-state index contributed by atoms with van der Waals surface area (Å²) in [5.74, 6) is -0.0770. The first-order valence-electron chi connectivity index (χ1n) is 10.2. The van der Waals surface area contributed by atoms with E-state index in [9.17, 15) is 13.2 Å². The lowest BCUT2D eigenvalue weighted by Gasteiger charge is -2.23. The highest BCUT2D eigenvalue weighted by Crippen LogP contribution is 2.20. The number of carbonyl (C=O) groups is 1. The molecule has 0 fully saturated rings. The van der Waals surface area contributed by atoms with Crippen LogP contribution in [0.4, 0.5) is 5.69 Å². The van der Waals surface area contributed by atoms with Crippen molar-refractivity contribution in [2.75, 3.05) is 17.1 Å². The van der Waals surface area contributed by atoms with Crippen LogP contribution in [-0.2, 0) is 27.7 Å². The number of benzene rings is 2. The van der Waals surface area contributed by atoms with Crippen molar-refractivity contribution in [2.45, 2.75) is 52.5 Å². The van der Waals surface area contributed by atoms with Gasteiger partial charge in [-0.05, 0) is 55.0 Å². The maximum atomic E-state index is 12.3. The van der Waals surface area contributed by atoms with Crippen LogP contribution in [0.3, 0.4) is 0 Å². The fourth-order valence-electron chi connectivity index (χ4n) is 3.21. The maximum absolute atomic E-state index is 12.3. The van der Waals surface area contributed by atoms with Crippen molar-refractivity contribution < 1.29 is 13.2 Å². The van der Waals surface area contributed by atoms with Gasteiger partial charge in [0.25, 0.3) is 0 Å². The second kappa shape index (κ2) is 10.4. The van der Waals surface area contributed by atoms with Crippen LogP contribution in [-0.4, -0.2) is 27.1 Å². The van der Waals surface area contributed by atoms with Gasteiger partial charge in [-0.15, -0.1) is 0 Å². The summed E-state index contributed by atoms with van der Waals surface area (Å²) in [6.45, 7) is 6.40. The van der Waals surface area contributed by atoms with Crippen molar-refractivity contribution in [1.29, 1.82) is 0 Å². The molecule has 1 amide bonds. The number of anilines is 1. The fraction of sp³-hybridized carbons (Fsp3) is 0.435. The van der Waals surface area contributed by atoms with Crippen molar-refractivity contribution in [3.63, 3.8) is 0 Å². The summed E-state index contributed by atoms with van der Waals surface area (Å²) in [5, 5.41) is 2.99. The summed E-state index contributed by atoms with van der Waals surface area (Å²) < 4.78 is 25.8. The maximum Gasteiger partial charge on any atom is 0.232 e. The molecule has 1 N–H and O–H groups in total. The summed E-state index contributed by atoms with van der Waals surface area (Å²) in [7, 11) is -3.41. The summed E-state index contributed by atoms with van der Waals surface area (Å²) >= 11 is 0. The Morgan fingerprint density at radius 2 is 1.48 bits per heavy atom. The van der Waals surface area contributed by atoms with Gasteiger partial charge in [-0.1, -0.05) is 50.2 Å². The second-order valence-corrected chi connectivity index (χ2v) is 9.25. The Hall–Kier alpha value is -2.34. The Morgan fingerprint density at radius 3 is 1.97 bits per heavy atom. The van der Waals surface area contributed by atoms with Gasteiger partial charge in [0, 0.05) is 13.0 Å². The van der Waals surface area contributed by atoms with Gasteiger partial charge >= 0.3 is 0 Å². The molecule has 5 nitrogen and oxygen atoms in total. The van der Waals surface area contributed by atoms with Crippen LogP contribution >= 0.6 is 0 Å². The molecule has 0 bridgehead atoms. The second-order valence-electron chi connectivity index (χ2n) is 7.34. The molecule has 0 radical (unpaired) electrons. The lowest BCUT2D eigenvalue weighted by Crippen LogP contribution is -2.32. The molecule has 1 atom stereocenters. The summed E-state index contributed by atoms with van der Waals surface area (Å²) in [4.78, 5) is 12.3. The Morgan fingerprint density at radius 1 is 0.966 bits per heavy atom. The van der Waals surface area contributed by atoms with E-state index < -0.39 is 10.0 Å². The molecule has 6 heteroatoms. The minimum Gasteiger partial charge on any atom is -0.350 e. The van der Waals surface area contributed by atoms with E-state index in [4.69, 9.17) is 0 Å². The quantitative estimate of drug-likeness (QED) is 0.630. The lowest BCUT2D eigenvalue weighted by atomic mass is 10.0. The van der Waals surface area contributed by atoms with Crippen LogP contribution in [0.1, 0.15) is 56.3 Å². The standard InChI is InChI=1S/C23H32N2O3S/c1-5-19-9-13-21(14-10-19)18(3)24-23(26)8-7-17-25(29(4,27)28)22-15-11-20(6-2)12-16-22/h9-16,18H,5-8,17H2,1-4H3,(H,24,26). The van der Waals surface area contributed by atoms with E-state index in [1.54, 1.807) is 0 Å². The molecule has 0 aliphatic rings. The zero-order valence-corrected chi connectivity index (χ0v) is 18.6. The zero-order chi connectivity index (χ0) is 21.4. The Labute approximate surface area is 175 Å². The molecule has 29 heavy (non-hydrogen) atoms. The first kappa shape index (κ1) is 22.9. The topological polar surface area (TPSA) is 66.5 Å². The van der Waals surface area contributed by atoms with Crippen molar-refractivity contribution in [2.24, 2.45) is 0 Å². The Balaban J connectivity index is 1.91. The van der Waals surface area contributed by atoms with Gasteiger partial charge in [0.15, 0.2) is 0 Å². The van der Waals surface area contributed by atoms with Gasteiger partial charge in [-0.2, -0.15) is 0 Å². The smallest absolute Gasteiger partial charge is 0.232 e. The van der Waals surface area contributed by atoms with E-state index in [-0.39, 0.29) is 24.9 Å². The van der Waals surface area contributed by atoms with Crippen LogP contribution in [0.5, 0.6) is 0 Å². The van der Waals surface area contributed by atoms with Crippen LogP contribution in [0, 0.1) is 0 Å². The van der Waals surface area contributed by atoms with E-state index in [1.807, 2.05) is 43.3 Å². The van der Waals surface area contributed by atoms with Crippen LogP contribution < -0.4 is 9.62 Å². The molecule has 0 saturated heterocycles. The molecule has 0 aliphatic heterocycles. The van der Waals surface area contributed by atoms with Crippen molar-refractivity contribution in [3.05, 3.63) is 65.2 Å². The molecule has 0 aliphatic carbocycles. The van der Waals surface area contributed by atoms with E-state index in [0.717, 1.165) is 24.0 Å². The van der Waals surface area contributed by atoms with Gasteiger partial charge in [0.05, 0.1) is 18.0 Å². The van der Waals surface area contributed by atoms with Crippen molar-refractivity contribution >= 4 is 21.6 Å². The SMILES string of the molecule is CCc1ccc(C(C)NC(=O)CCCN(c2ccc(CC)cc2)S(C)(=O)=O)cc1. The molecule has 1 unspecified atom stereocenters. The molecular weight excluding hydrogens is 384 g/mol. The van der Waals surface area contributed by atoms with Crippen LogP contribution in [0.25, 0.3) is 0 Å². The fourth-order valence-corrected chi connectivity index (χ4v) is 4.17. The number of hydrogen-bond donors (Lipinski definition) is 1. The highest BCUT2D eigenvalue weighted by atomic mass is 32.2. The minimum absolute atomic E-state index is 0.0770. The molecule has 158 valence electrons. The summed E-state index contributed by atoms with van der Waals surface area (Å²) in [6.07, 6.45) is 3.81. The van der Waals surface area contributed by atoms with Gasteiger partial charge in [0.2, 0.25) is 15.9 Å². The third-order valence-electron chi connectivity index (χ3n) is 5.06. The average Bonchev–Trinajstić information content (AvgIpc) is 2.70. The highest BCUT2D eigenvalue weighted by molar-refractivity contribution is 7.92. The number of rotatable bonds is 10. The van der Waals surface area contributed by atoms with E-state index in [1.165, 1.54) is 16.1 Å². The Kier molecular flexibility index (Phi) is 8.26. The van der Waals surface area contributed by atoms with Crippen molar-refractivity contribution in [1.82, 2.24) is 5.32 Å². The van der Waals surface area contributed by atoms with Gasteiger partial charge < -0.3 is 5.32 Å². The number of aryl methyl sites for hydroxylation is 2. The number of amides is 1. The number of nitrogens with one attached hydrogen (secondary N) is 1. The Bertz CT molecular complexity index is 891. The molecule has 0 saturated carbocycles. The molecular formula is C23H32N2O3S. The lowest BCUT2D eigenvalue weighted by molar-refractivity contribution is -0.121. The highest BCUT2D eigenvalue weighted by Gasteiger charge is 2.18. The number of carbonyl (C=O) groups excluding carboxylic acids is 1. The number of nitrogens with zero attached hydrogens (tertiary/aromatic N) is 1. The molecule has 2 aromatic carbocycles. The molecule has 0 heterocycles. The third-order valence-corrected chi connectivity index (χ3v) is 6.26. The van der Waals surface area contributed by atoms with E-state index in [0.29, 0.717) is 12.1 Å². The van der Waals surface area contributed by atoms with E-state index in [2.05, 4.69) is 31.3 Å². The monoisotopic (exact) mass is 416 g/mol. The number of sulfonamides is 1. The number of hydrogen-bond acceptors (Lipinski definition) is 3. The molecule has 2 rings (SSSR count). The predicted octanol–water partition coefficient (Wildman–Crippen LogP) is 4.24. The normalized spacial score (nSPS) is 12.4. The average molecular weight is 417 g/mol. The largest absolute Gasteiger partial charge is 0.350 e. The van der Waals surface area contributed by atoms with Crippen molar-refractivity contribution in [3.8, 4) is 0 Å². The summed E-state index contributed by atoms with van der Waals surface area (Å²) in [6, 6.07) is 15.7. The van der Waals surface area contributed by atoms with Gasteiger partial charge in [-0.3, -0.25) is 9.10 Å². The first-order valence-corrected chi connectivity index (χ1v) is 12.0. The zero-order valence-electron chi connectivity index (χ0n) is 17.8. The van der Waals surface area contributed by atoms with E-state index >= 15 is 0 Å². The van der Waals surface area contributed by atoms with Crippen LogP contribution in [0.2, 0.25) is 0 Å². The minimum atomic E-state index is -3.41. The van der Waals surface area contributed by atoms with Gasteiger partial charge in [-0.25, -0.2) is 8.42 Å². The predicted molar refractivity (Wildman–Crippen MR) is 120 cm³/mol. The summed E-state index contributed by atoms with van der Waals surface area (Å²) in [5.41, 5.74) is 4.11. The van der Waals surface area contributed by atoms with Gasteiger partial charge in [0.1, 0.15) is 0 Å². The first-order chi connectivity index (χ1) is 13.7. The molecule has 0 spiro atoms. The van der Waals surface area contributed by atoms with Crippen LogP contribution in [0.15, 0.2) is 48.5 Å². The molecule has 0 aromatic heterocycles. The third kappa shape index (κ3) is 6.89. The molecule has 2 aromatic rings.